The van der Waals surface area contributed by atoms with E-state index in [9.17, 15) is 0 Å². The lowest BCUT2D eigenvalue weighted by atomic mass is 10.1. The molecule has 1 aromatic rings. The highest BCUT2D eigenvalue weighted by molar-refractivity contribution is 5.28. The maximum atomic E-state index is 2.30. The van der Waals surface area contributed by atoms with E-state index in [1.54, 1.807) is 0 Å². The number of nitrogens with zero attached hydrogens (tertiary/aromatic N) is 1. The molecule has 0 bridgehead atoms. The van der Waals surface area contributed by atoms with Gasteiger partial charge in [-0.25, -0.2) is 6.07 Å². The van der Waals surface area contributed by atoms with Crippen LogP contribution in [0.25, 0.3) is 0 Å². The zero-order valence-corrected chi connectivity index (χ0v) is 8.46. The lowest BCUT2D eigenvalue weighted by molar-refractivity contribution is 0.321. The zero-order chi connectivity index (χ0) is 9.14. The second-order valence-electron chi connectivity index (χ2n) is 3.55. The Morgan fingerprint density at radius 1 is 1.50 bits per heavy atom. The van der Waals surface area contributed by atoms with E-state index in [1.807, 2.05) is 0 Å². The fourth-order valence-corrected chi connectivity index (χ4v) is 1.29. The molecule has 0 unspecified atom stereocenters. The van der Waals surface area contributed by atoms with Crippen LogP contribution in [-0.4, -0.2) is 19.0 Å². The van der Waals surface area contributed by atoms with Gasteiger partial charge in [-0.05, 0) is 20.1 Å². The van der Waals surface area contributed by atoms with Gasteiger partial charge in [-0.15, -0.1) is 5.56 Å². The smallest absolute Gasteiger partial charge is 0.0136 e. The van der Waals surface area contributed by atoms with Gasteiger partial charge in [-0.3, -0.25) is 0 Å². The molecular formula is C11H18N-. The molecule has 68 valence electrons. The van der Waals surface area contributed by atoms with E-state index in [0.717, 1.165) is 6.42 Å². The summed E-state index contributed by atoms with van der Waals surface area (Å²) in [6.45, 7) is 4.42. The largest absolute Gasteiger partial charge is 0.314 e. The monoisotopic (exact) mass is 164 g/mol. The highest BCUT2D eigenvalue weighted by Gasteiger charge is 2.01. The molecule has 0 saturated heterocycles. The van der Waals surface area contributed by atoms with Crippen LogP contribution in [0.2, 0.25) is 0 Å². The van der Waals surface area contributed by atoms with Crippen molar-refractivity contribution in [1.29, 1.82) is 0 Å². The van der Waals surface area contributed by atoms with Crippen LogP contribution in [0, 0.1) is 0 Å². The first-order valence-electron chi connectivity index (χ1n) is 4.57. The molecule has 0 radical (unpaired) electrons. The Balaban J connectivity index is 2.74. The van der Waals surface area contributed by atoms with Crippen molar-refractivity contribution in [2.45, 2.75) is 26.3 Å². The number of rotatable bonds is 3. The Morgan fingerprint density at radius 2 is 2.17 bits per heavy atom. The molecule has 1 rings (SSSR count). The standard InChI is InChI=1S/C11H18N/c1-5-10-6-7-11(8-10)9(2)12(3)4/h6-9H,5H2,1-4H3/q-1/t9-/m1/s1. The zero-order valence-electron chi connectivity index (χ0n) is 8.46. The van der Waals surface area contributed by atoms with Crippen LogP contribution in [0.4, 0.5) is 0 Å². The normalized spacial score (nSPS) is 13.8. The van der Waals surface area contributed by atoms with Crippen molar-refractivity contribution < 1.29 is 0 Å². The summed E-state index contributed by atoms with van der Waals surface area (Å²) in [5.74, 6) is 0. The number of hydrogen-bond acceptors (Lipinski definition) is 1. The maximum Gasteiger partial charge on any atom is -0.0136 e. The highest BCUT2D eigenvalue weighted by atomic mass is 15.1. The molecule has 0 aromatic heterocycles. The summed E-state index contributed by atoms with van der Waals surface area (Å²) in [5, 5.41) is 0. The lowest BCUT2D eigenvalue weighted by Crippen LogP contribution is -2.15. The number of hydrogen-bond donors (Lipinski definition) is 0. The first kappa shape index (κ1) is 9.40. The summed E-state index contributed by atoms with van der Waals surface area (Å²) in [6, 6.07) is 7.27. The first-order valence-corrected chi connectivity index (χ1v) is 4.57. The van der Waals surface area contributed by atoms with Crippen LogP contribution in [-0.2, 0) is 6.42 Å². The summed E-state index contributed by atoms with van der Waals surface area (Å²) < 4.78 is 0. The van der Waals surface area contributed by atoms with Crippen LogP contribution < -0.4 is 0 Å². The van der Waals surface area contributed by atoms with Crippen LogP contribution >= 0.6 is 0 Å². The first-order chi connectivity index (χ1) is 5.65. The fourth-order valence-electron chi connectivity index (χ4n) is 1.29. The summed E-state index contributed by atoms with van der Waals surface area (Å²) in [6.07, 6.45) is 1.14. The van der Waals surface area contributed by atoms with Gasteiger partial charge in [-0.1, -0.05) is 20.3 Å². The SMILES string of the molecule is CCc1cc[c-]([C@@H](C)N(C)C)c1. The molecule has 1 atom stereocenters. The predicted octanol–water partition coefficient (Wildman–Crippen LogP) is 2.59. The Bertz CT molecular complexity index is 235. The van der Waals surface area contributed by atoms with Gasteiger partial charge in [0.05, 0.1) is 0 Å². The summed E-state index contributed by atoms with van der Waals surface area (Å²) >= 11 is 0. The third kappa shape index (κ3) is 1.92. The molecule has 0 saturated carbocycles. The predicted molar refractivity (Wildman–Crippen MR) is 53.5 cm³/mol. The highest BCUT2D eigenvalue weighted by Crippen LogP contribution is 2.19. The van der Waals surface area contributed by atoms with Crippen LogP contribution in [0.15, 0.2) is 18.2 Å². The van der Waals surface area contributed by atoms with Crippen LogP contribution in [0.5, 0.6) is 0 Å². The molecule has 0 amide bonds. The van der Waals surface area contributed by atoms with Gasteiger partial charge < -0.3 is 4.90 Å². The van der Waals surface area contributed by atoms with Gasteiger partial charge in [-0.2, -0.15) is 17.7 Å². The van der Waals surface area contributed by atoms with E-state index in [-0.39, 0.29) is 0 Å². The van der Waals surface area contributed by atoms with E-state index in [2.05, 4.69) is 51.0 Å². The van der Waals surface area contributed by atoms with Crippen molar-refractivity contribution in [3.63, 3.8) is 0 Å². The molecule has 0 N–H and O–H groups in total. The van der Waals surface area contributed by atoms with Crippen LogP contribution in [0.3, 0.4) is 0 Å². The number of aryl methyl sites for hydroxylation is 1. The molecule has 0 aliphatic heterocycles. The maximum absolute atomic E-state index is 2.30. The minimum absolute atomic E-state index is 0.533. The molecule has 1 heteroatoms. The van der Waals surface area contributed by atoms with Gasteiger partial charge in [0.25, 0.3) is 0 Å². The van der Waals surface area contributed by atoms with Gasteiger partial charge in [0.15, 0.2) is 0 Å². The summed E-state index contributed by atoms with van der Waals surface area (Å²) in [4.78, 5) is 2.23. The van der Waals surface area contributed by atoms with Gasteiger partial charge in [0, 0.05) is 0 Å². The third-order valence-corrected chi connectivity index (χ3v) is 2.51. The quantitative estimate of drug-likeness (QED) is 0.621. The van der Waals surface area contributed by atoms with Gasteiger partial charge >= 0.3 is 0 Å². The third-order valence-electron chi connectivity index (χ3n) is 2.51. The van der Waals surface area contributed by atoms with Crippen molar-refractivity contribution >= 4 is 0 Å². The van der Waals surface area contributed by atoms with E-state index in [4.69, 9.17) is 0 Å². The lowest BCUT2D eigenvalue weighted by Gasteiger charge is -2.22. The van der Waals surface area contributed by atoms with E-state index in [0.29, 0.717) is 6.04 Å². The fraction of sp³-hybridized carbons (Fsp3) is 0.545. The molecule has 0 aliphatic rings. The Labute approximate surface area is 75.4 Å². The van der Waals surface area contributed by atoms with Crippen molar-refractivity contribution in [3.8, 4) is 0 Å². The van der Waals surface area contributed by atoms with Gasteiger partial charge in [0.2, 0.25) is 0 Å². The molecule has 0 heterocycles. The summed E-state index contributed by atoms with van der Waals surface area (Å²) in [5.41, 5.74) is 2.87. The second-order valence-corrected chi connectivity index (χ2v) is 3.55. The molecule has 12 heavy (non-hydrogen) atoms. The van der Waals surface area contributed by atoms with Crippen molar-refractivity contribution in [1.82, 2.24) is 4.90 Å². The molecule has 0 fully saturated rings. The average molecular weight is 164 g/mol. The van der Waals surface area contributed by atoms with Crippen molar-refractivity contribution in [2.75, 3.05) is 14.1 Å². The molecule has 0 aliphatic carbocycles. The molecule has 1 aromatic carbocycles. The Hall–Kier alpha value is -0.690. The van der Waals surface area contributed by atoms with E-state index in [1.165, 1.54) is 11.1 Å². The van der Waals surface area contributed by atoms with Crippen LogP contribution in [0.1, 0.15) is 31.0 Å². The molecular weight excluding hydrogens is 146 g/mol. The van der Waals surface area contributed by atoms with Gasteiger partial charge in [0.1, 0.15) is 0 Å². The minimum atomic E-state index is 0.533. The van der Waals surface area contributed by atoms with E-state index >= 15 is 0 Å². The topological polar surface area (TPSA) is 3.24 Å². The Kier molecular flexibility index (Phi) is 2.99. The summed E-state index contributed by atoms with van der Waals surface area (Å²) in [7, 11) is 4.23. The van der Waals surface area contributed by atoms with Crippen molar-refractivity contribution in [3.05, 3.63) is 29.3 Å². The molecule has 0 spiro atoms. The molecule has 1 nitrogen and oxygen atoms in total. The van der Waals surface area contributed by atoms with Crippen molar-refractivity contribution in [2.24, 2.45) is 0 Å². The average Bonchev–Trinajstić information content (AvgIpc) is 2.50. The minimum Gasteiger partial charge on any atom is -0.314 e. The van der Waals surface area contributed by atoms with E-state index < -0.39 is 0 Å². The second kappa shape index (κ2) is 3.81. The Morgan fingerprint density at radius 3 is 2.58 bits per heavy atom.